The van der Waals surface area contributed by atoms with Crippen molar-refractivity contribution < 1.29 is 4.74 Å². The van der Waals surface area contributed by atoms with Crippen LogP contribution in [0.3, 0.4) is 0 Å². The average Bonchev–Trinajstić information content (AvgIpc) is 1.85. The number of rotatable bonds is 5. The van der Waals surface area contributed by atoms with E-state index in [1.54, 1.807) is 0 Å². The van der Waals surface area contributed by atoms with Crippen molar-refractivity contribution in [3.63, 3.8) is 0 Å². The van der Waals surface area contributed by atoms with Crippen LogP contribution < -0.4 is 0 Å². The van der Waals surface area contributed by atoms with Gasteiger partial charge in [-0.2, -0.15) is 5.26 Å². The Hall–Kier alpha value is -0.333. The van der Waals surface area contributed by atoms with E-state index in [2.05, 4.69) is 25.7 Å². The summed E-state index contributed by atoms with van der Waals surface area (Å²) in [5.41, 5.74) is 0. The summed E-state index contributed by atoms with van der Waals surface area (Å²) in [6.07, 6.45) is 0.520. The second-order valence-corrected chi connectivity index (χ2v) is 9.45. The smallest absolute Gasteiger partial charge is 0.0645 e. The van der Waals surface area contributed by atoms with Crippen LogP contribution >= 0.6 is 0 Å². The van der Waals surface area contributed by atoms with Gasteiger partial charge in [-0.15, -0.1) is 0 Å². The minimum atomic E-state index is -0.925. The van der Waals surface area contributed by atoms with Crippen molar-refractivity contribution >= 4 is 8.07 Å². The molecule has 0 saturated heterocycles. The van der Waals surface area contributed by atoms with Gasteiger partial charge in [0.1, 0.15) is 0 Å². The predicted octanol–water partition coefficient (Wildman–Crippen LogP) is 2.25. The molecule has 3 heteroatoms. The highest BCUT2D eigenvalue weighted by atomic mass is 28.3. The van der Waals surface area contributed by atoms with Gasteiger partial charge in [-0.05, 0) is 6.04 Å². The molecular formula is C8H17NOSi. The molecule has 0 rings (SSSR count). The van der Waals surface area contributed by atoms with Gasteiger partial charge in [0.2, 0.25) is 0 Å². The van der Waals surface area contributed by atoms with Crippen LogP contribution in [0.4, 0.5) is 0 Å². The third-order valence-electron chi connectivity index (χ3n) is 1.35. The fourth-order valence-electron chi connectivity index (χ4n) is 0.598. The lowest BCUT2D eigenvalue weighted by atomic mass is 10.5. The maximum atomic E-state index is 8.20. The third kappa shape index (κ3) is 9.67. The zero-order chi connectivity index (χ0) is 8.74. The van der Waals surface area contributed by atoms with E-state index in [0.29, 0.717) is 13.0 Å². The zero-order valence-corrected chi connectivity index (χ0v) is 8.68. The topological polar surface area (TPSA) is 33.0 Å². The van der Waals surface area contributed by atoms with Crippen molar-refractivity contribution in [3.05, 3.63) is 0 Å². The van der Waals surface area contributed by atoms with E-state index in [-0.39, 0.29) is 0 Å². The Morgan fingerprint density at radius 2 is 1.91 bits per heavy atom. The van der Waals surface area contributed by atoms with E-state index in [0.717, 1.165) is 6.61 Å². The molecular weight excluding hydrogens is 154 g/mol. The van der Waals surface area contributed by atoms with E-state index in [9.17, 15) is 0 Å². The van der Waals surface area contributed by atoms with Crippen LogP contribution in [-0.2, 0) is 4.74 Å². The molecule has 0 aliphatic carbocycles. The SMILES string of the molecule is C[Si](C)(C)CCOCCC#N. The molecule has 0 spiro atoms. The van der Waals surface area contributed by atoms with Gasteiger partial charge in [-0.1, -0.05) is 19.6 Å². The molecule has 0 aliphatic rings. The number of hydrogen-bond donors (Lipinski definition) is 0. The Kier molecular flexibility index (Phi) is 5.17. The first-order valence-corrected chi connectivity index (χ1v) is 7.72. The monoisotopic (exact) mass is 171 g/mol. The second-order valence-electron chi connectivity index (χ2n) is 3.83. The first kappa shape index (κ1) is 10.7. The van der Waals surface area contributed by atoms with E-state index < -0.39 is 8.07 Å². The highest BCUT2D eigenvalue weighted by molar-refractivity contribution is 6.76. The molecule has 0 aliphatic heterocycles. The van der Waals surface area contributed by atoms with Gasteiger partial charge in [0, 0.05) is 14.7 Å². The minimum absolute atomic E-state index is 0.520. The molecule has 0 aromatic rings. The molecule has 0 heterocycles. The average molecular weight is 171 g/mol. The van der Waals surface area contributed by atoms with Crippen molar-refractivity contribution in [2.45, 2.75) is 32.1 Å². The molecule has 0 aromatic carbocycles. The second kappa shape index (κ2) is 5.33. The van der Waals surface area contributed by atoms with E-state index >= 15 is 0 Å². The summed E-state index contributed by atoms with van der Waals surface area (Å²) in [5.74, 6) is 0. The molecule has 0 fully saturated rings. The van der Waals surface area contributed by atoms with Gasteiger partial charge in [0.15, 0.2) is 0 Å². The Bertz CT molecular complexity index is 134. The maximum Gasteiger partial charge on any atom is 0.0645 e. The Balaban J connectivity index is 3.10. The lowest BCUT2D eigenvalue weighted by Gasteiger charge is -2.14. The van der Waals surface area contributed by atoms with Crippen molar-refractivity contribution in [1.82, 2.24) is 0 Å². The number of hydrogen-bond acceptors (Lipinski definition) is 2. The summed E-state index contributed by atoms with van der Waals surface area (Å²) < 4.78 is 5.26. The van der Waals surface area contributed by atoms with Gasteiger partial charge >= 0.3 is 0 Å². The fourth-order valence-corrected chi connectivity index (χ4v) is 1.35. The summed E-state index contributed by atoms with van der Waals surface area (Å²) in [7, 11) is -0.925. The molecule has 0 radical (unpaired) electrons. The Morgan fingerprint density at radius 3 is 2.36 bits per heavy atom. The summed E-state index contributed by atoms with van der Waals surface area (Å²) in [6, 6.07) is 3.24. The van der Waals surface area contributed by atoms with Gasteiger partial charge in [0.05, 0.1) is 19.1 Å². The highest BCUT2D eigenvalue weighted by Crippen LogP contribution is 2.07. The number of nitriles is 1. The lowest BCUT2D eigenvalue weighted by Crippen LogP contribution is -2.21. The van der Waals surface area contributed by atoms with Crippen LogP contribution in [0.1, 0.15) is 6.42 Å². The number of nitrogens with zero attached hydrogens (tertiary/aromatic N) is 1. The molecule has 0 saturated carbocycles. The van der Waals surface area contributed by atoms with Crippen molar-refractivity contribution in [2.24, 2.45) is 0 Å². The molecule has 64 valence electrons. The molecule has 0 amide bonds. The zero-order valence-electron chi connectivity index (χ0n) is 7.68. The molecule has 0 aromatic heterocycles. The molecule has 0 atom stereocenters. The van der Waals surface area contributed by atoms with Crippen molar-refractivity contribution in [3.8, 4) is 6.07 Å². The van der Waals surface area contributed by atoms with Crippen molar-refractivity contribution in [1.29, 1.82) is 5.26 Å². The van der Waals surface area contributed by atoms with E-state index in [4.69, 9.17) is 10.00 Å². The summed E-state index contributed by atoms with van der Waals surface area (Å²) in [6.45, 7) is 8.39. The Labute approximate surface area is 70.2 Å². The first-order chi connectivity index (χ1) is 5.06. The van der Waals surface area contributed by atoms with Gasteiger partial charge < -0.3 is 4.74 Å². The standard InChI is InChI=1S/C8H17NOSi/c1-11(2,3)8-7-10-6-4-5-9/h4,6-8H2,1-3H3. The van der Waals surface area contributed by atoms with Crippen LogP contribution in [0, 0.1) is 11.3 Å². The first-order valence-electron chi connectivity index (χ1n) is 4.01. The van der Waals surface area contributed by atoms with Crippen molar-refractivity contribution in [2.75, 3.05) is 13.2 Å². The largest absolute Gasteiger partial charge is 0.381 e. The van der Waals surface area contributed by atoms with E-state index in [1.807, 2.05) is 0 Å². The van der Waals surface area contributed by atoms with Gasteiger partial charge in [-0.3, -0.25) is 0 Å². The lowest BCUT2D eigenvalue weighted by molar-refractivity contribution is 0.152. The van der Waals surface area contributed by atoms with Crippen LogP contribution in [0.25, 0.3) is 0 Å². The van der Waals surface area contributed by atoms with Crippen LogP contribution in [-0.4, -0.2) is 21.3 Å². The third-order valence-corrected chi connectivity index (χ3v) is 3.06. The predicted molar refractivity (Wildman–Crippen MR) is 49.2 cm³/mol. The van der Waals surface area contributed by atoms with E-state index in [1.165, 1.54) is 6.04 Å². The summed E-state index contributed by atoms with van der Waals surface area (Å²) in [4.78, 5) is 0. The quantitative estimate of drug-likeness (QED) is 0.469. The van der Waals surface area contributed by atoms with Crippen LogP contribution in [0.5, 0.6) is 0 Å². The summed E-state index contributed by atoms with van der Waals surface area (Å²) in [5, 5.41) is 8.20. The highest BCUT2D eigenvalue weighted by Gasteiger charge is 2.11. The van der Waals surface area contributed by atoms with Gasteiger partial charge in [0.25, 0.3) is 0 Å². The molecule has 11 heavy (non-hydrogen) atoms. The normalized spacial score (nSPS) is 11.1. The molecule has 0 N–H and O–H groups in total. The molecule has 0 bridgehead atoms. The molecule has 0 unspecified atom stereocenters. The minimum Gasteiger partial charge on any atom is -0.381 e. The Morgan fingerprint density at radius 1 is 1.27 bits per heavy atom. The fraction of sp³-hybridized carbons (Fsp3) is 0.875. The number of ether oxygens (including phenoxy) is 1. The van der Waals surface area contributed by atoms with Gasteiger partial charge in [-0.25, -0.2) is 0 Å². The van der Waals surface area contributed by atoms with Crippen LogP contribution in [0.2, 0.25) is 25.7 Å². The molecule has 2 nitrogen and oxygen atoms in total. The maximum absolute atomic E-state index is 8.20. The van der Waals surface area contributed by atoms with Crippen LogP contribution in [0.15, 0.2) is 0 Å². The summed E-state index contributed by atoms with van der Waals surface area (Å²) >= 11 is 0.